The molecule has 0 amide bonds. The van der Waals surface area contributed by atoms with E-state index in [0.717, 1.165) is 17.2 Å². The van der Waals surface area contributed by atoms with Crippen molar-refractivity contribution in [3.05, 3.63) is 46.4 Å². The summed E-state index contributed by atoms with van der Waals surface area (Å²) in [5.74, 6) is 0.973. The second kappa shape index (κ2) is 4.42. The Bertz CT molecular complexity index is 657. The molecule has 4 nitrogen and oxygen atoms in total. The van der Waals surface area contributed by atoms with Crippen molar-refractivity contribution in [3.63, 3.8) is 0 Å². The van der Waals surface area contributed by atoms with Gasteiger partial charge in [0.1, 0.15) is 5.82 Å². The highest BCUT2D eigenvalue weighted by molar-refractivity contribution is 7.07. The van der Waals surface area contributed by atoms with Crippen LogP contribution in [0.1, 0.15) is 24.2 Å². The van der Waals surface area contributed by atoms with E-state index < -0.39 is 0 Å². The Kier molecular flexibility index (Phi) is 2.76. The average molecular weight is 258 g/mol. The van der Waals surface area contributed by atoms with Crippen LogP contribution in [0.4, 0.5) is 5.82 Å². The number of nitrogens with zero attached hydrogens (tertiary/aromatic N) is 3. The number of anilines is 1. The van der Waals surface area contributed by atoms with Crippen LogP contribution < -0.4 is 5.32 Å². The summed E-state index contributed by atoms with van der Waals surface area (Å²) in [6.07, 6.45) is 1.77. The molecule has 0 spiro atoms. The summed E-state index contributed by atoms with van der Waals surface area (Å²) in [5.41, 5.74) is 3.15. The van der Waals surface area contributed by atoms with Crippen LogP contribution in [0.15, 0.2) is 35.2 Å². The normalized spacial score (nSPS) is 12.8. The first-order chi connectivity index (χ1) is 8.74. The van der Waals surface area contributed by atoms with E-state index in [2.05, 4.69) is 39.1 Å². The minimum absolute atomic E-state index is 0.255. The van der Waals surface area contributed by atoms with Crippen molar-refractivity contribution in [2.75, 3.05) is 5.32 Å². The summed E-state index contributed by atoms with van der Waals surface area (Å²) < 4.78 is 1.83. The first-order valence-electron chi connectivity index (χ1n) is 5.84. The maximum absolute atomic E-state index is 4.43. The molecule has 0 saturated carbocycles. The standard InChI is InChI=1S/C13H14N4S/c1-9-7-13(17-12(15-9)3-5-14-17)16-10(2)11-4-6-18-8-11/h3-8,10,16H,1-2H3/t10-/m1/s1. The number of aromatic nitrogens is 3. The highest BCUT2D eigenvalue weighted by Crippen LogP contribution is 2.21. The van der Waals surface area contributed by atoms with Gasteiger partial charge in [-0.1, -0.05) is 0 Å². The molecule has 0 aliphatic heterocycles. The summed E-state index contributed by atoms with van der Waals surface area (Å²) in [6, 6.07) is 6.32. The molecule has 0 radical (unpaired) electrons. The highest BCUT2D eigenvalue weighted by atomic mass is 32.1. The van der Waals surface area contributed by atoms with E-state index in [9.17, 15) is 0 Å². The number of hydrogen-bond donors (Lipinski definition) is 1. The molecule has 3 aromatic rings. The molecule has 0 aliphatic carbocycles. The molecule has 5 heteroatoms. The van der Waals surface area contributed by atoms with Gasteiger partial charge in [-0.2, -0.15) is 21.0 Å². The molecule has 0 saturated heterocycles. The topological polar surface area (TPSA) is 42.2 Å². The zero-order valence-corrected chi connectivity index (χ0v) is 11.1. The average Bonchev–Trinajstić information content (AvgIpc) is 2.98. The van der Waals surface area contributed by atoms with E-state index in [1.54, 1.807) is 17.5 Å². The van der Waals surface area contributed by atoms with E-state index in [1.807, 2.05) is 23.6 Å². The van der Waals surface area contributed by atoms with Crippen LogP contribution in [-0.2, 0) is 0 Å². The predicted molar refractivity (Wildman–Crippen MR) is 74.1 cm³/mol. The third kappa shape index (κ3) is 1.97. The van der Waals surface area contributed by atoms with Gasteiger partial charge in [-0.15, -0.1) is 0 Å². The van der Waals surface area contributed by atoms with Crippen molar-refractivity contribution in [3.8, 4) is 0 Å². The van der Waals surface area contributed by atoms with Gasteiger partial charge in [0.25, 0.3) is 0 Å². The SMILES string of the molecule is Cc1cc(N[C@H](C)c2ccsc2)n2nccc2n1. The van der Waals surface area contributed by atoms with Gasteiger partial charge in [0, 0.05) is 17.8 Å². The molecule has 1 atom stereocenters. The van der Waals surface area contributed by atoms with Crippen LogP contribution in [0.3, 0.4) is 0 Å². The first kappa shape index (κ1) is 11.2. The molecular formula is C13H14N4S. The lowest BCUT2D eigenvalue weighted by molar-refractivity contribution is 0.841. The van der Waals surface area contributed by atoms with Crippen molar-refractivity contribution in [1.29, 1.82) is 0 Å². The van der Waals surface area contributed by atoms with Crippen molar-refractivity contribution in [2.24, 2.45) is 0 Å². The van der Waals surface area contributed by atoms with Gasteiger partial charge < -0.3 is 5.32 Å². The zero-order chi connectivity index (χ0) is 12.5. The van der Waals surface area contributed by atoms with Gasteiger partial charge in [-0.3, -0.25) is 0 Å². The second-order valence-corrected chi connectivity index (χ2v) is 5.09. The maximum atomic E-state index is 4.43. The molecule has 3 aromatic heterocycles. The maximum Gasteiger partial charge on any atom is 0.157 e. The molecule has 92 valence electrons. The zero-order valence-electron chi connectivity index (χ0n) is 10.3. The largest absolute Gasteiger partial charge is 0.363 e. The molecule has 0 aromatic carbocycles. The molecule has 0 unspecified atom stereocenters. The van der Waals surface area contributed by atoms with Gasteiger partial charge in [0.05, 0.1) is 12.2 Å². The third-order valence-electron chi connectivity index (χ3n) is 2.90. The Hall–Kier alpha value is -1.88. The Morgan fingerprint density at radius 2 is 2.28 bits per heavy atom. The quantitative estimate of drug-likeness (QED) is 0.784. The first-order valence-corrected chi connectivity index (χ1v) is 6.78. The van der Waals surface area contributed by atoms with E-state index >= 15 is 0 Å². The van der Waals surface area contributed by atoms with Crippen molar-refractivity contribution < 1.29 is 0 Å². The summed E-state index contributed by atoms with van der Waals surface area (Å²) in [5, 5.41) is 12.0. The number of nitrogens with one attached hydrogen (secondary N) is 1. The summed E-state index contributed by atoms with van der Waals surface area (Å²) in [4.78, 5) is 4.43. The van der Waals surface area contributed by atoms with Gasteiger partial charge in [0.15, 0.2) is 5.65 Å². The number of hydrogen-bond acceptors (Lipinski definition) is 4. The Morgan fingerprint density at radius 3 is 3.06 bits per heavy atom. The van der Waals surface area contributed by atoms with Gasteiger partial charge in [-0.25, -0.2) is 4.98 Å². The number of rotatable bonds is 3. The fourth-order valence-corrected chi connectivity index (χ4v) is 2.72. The summed E-state index contributed by atoms with van der Waals surface area (Å²) in [7, 11) is 0. The molecular weight excluding hydrogens is 244 g/mol. The van der Waals surface area contributed by atoms with Gasteiger partial charge in [-0.05, 0) is 36.2 Å². The second-order valence-electron chi connectivity index (χ2n) is 4.31. The Balaban J connectivity index is 1.97. The lowest BCUT2D eigenvalue weighted by atomic mass is 10.2. The molecule has 0 aliphatic rings. The predicted octanol–water partition coefficient (Wildman–Crippen LogP) is 3.27. The molecule has 3 heterocycles. The number of fused-ring (bicyclic) bond motifs is 1. The van der Waals surface area contributed by atoms with Gasteiger partial charge in [0.2, 0.25) is 0 Å². The van der Waals surface area contributed by atoms with Crippen LogP contribution in [0.2, 0.25) is 0 Å². The smallest absolute Gasteiger partial charge is 0.157 e. The van der Waals surface area contributed by atoms with Crippen molar-refractivity contribution >= 4 is 22.8 Å². The molecule has 1 N–H and O–H groups in total. The third-order valence-corrected chi connectivity index (χ3v) is 3.60. The molecule has 0 fully saturated rings. The van der Waals surface area contributed by atoms with Crippen LogP contribution in [0.25, 0.3) is 5.65 Å². The number of aryl methyl sites for hydroxylation is 1. The van der Waals surface area contributed by atoms with E-state index in [0.29, 0.717) is 0 Å². The van der Waals surface area contributed by atoms with Crippen LogP contribution >= 0.6 is 11.3 Å². The summed E-state index contributed by atoms with van der Waals surface area (Å²) in [6.45, 7) is 4.14. The minimum Gasteiger partial charge on any atom is -0.363 e. The Labute approximate surface area is 109 Å². The monoisotopic (exact) mass is 258 g/mol. The summed E-state index contributed by atoms with van der Waals surface area (Å²) >= 11 is 1.71. The number of thiophene rings is 1. The van der Waals surface area contributed by atoms with E-state index in [1.165, 1.54) is 5.56 Å². The van der Waals surface area contributed by atoms with E-state index in [-0.39, 0.29) is 6.04 Å². The van der Waals surface area contributed by atoms with Crippen LogP contribution in [0.5, 0.6) is 0 Å². The van der Waals surface area contributed by atoms with Crippen LogP contribution in [-0.4, -0.2) is 14.6 Å². The molecule has 3 rings (SSSR count). The van der Waals surface area contributed by atoms with Gasteiger partial charge >= 0.3 is 0 Å². The Morgan fingerprint density at radius 1 is 1.39 bits per heavy atom. The fraction of sp³-hybridized carbons (Fsp3) is 0.231. The molecule has 18 heavy (non-hydrogen) atoms. The van der Waals surface area contributed by atoms with Crippen molar-refractivity contribution in [1.82, 2.24) is 14.6 Å². The minimum atomic E-state index is 0.255. The molecule has 0 bridgehead atoms. The lowest BCUT2D eigenvalue weighted by Crippen LogP contribution is -2.10. The highest BCUT2D eigenvalue weighted by Gasteiger charge is 2.09. The lowest BCUT2D eigenvalue weighted by Gasteiger charge is -2.15. The fourth-order valence-electron chi connectivity index (χ4n) is 1.97. The van der Waals surface area contributed by atoms with Crippen LogP contribution in [0, 0.1) is 6.92 Å². The van der Waals surface area contributed by atoms with E-state index in [4.69, 9.17) is 0 Å². The van der Waals surface area contributed by atoms with Crippen molar-refractivity contribution in [2.45, 2.75) is 19.9 Å².